The van der Waals surface area contributed by atoms with Crippen molar-refractivity contribution < 1.29 is 24.2 Å². The lowest BCUT2D eigenvalue weighted by Crippen LogP contribution is -2.34. The van der Waals surface area contributed by atoms with Crippen molar-refractivity contribution in [1.82, 2.24) is 0 Å². The molecule has 0 heterocycles. The number of allylic oxidation sites excluding steroid dienone is 8. The van der Waals surface area contributed by atoms with E-state index in [-0.39, 0.29) is 35.7 Å². The zero-order chi connectivity index (χ0) is 26.8. The first kappa shape index (κ1) is 29.3. The summed E-state index contributed by atoms with van der Waals surface area (Å²) < 4.78 is 5.48. The number of hydrogen-bond donors (Lipinski definition) is 1. The van der Waals surface area contributed by atoms with E-state index in [1.807, 2.05) is 32.9 Å². The van der Waals surface area contributed by atoms with E-state index in [9.17, 15) is 19.5 Å². The maximum Gasteiger partial charge on any atom is 0.342 e. The Morgan fingerprint density at radius 3 is 2.53 bits per heavy atom. The van der Waals surface area contributed by atoms with Gasteiger partial charge >= 0.3 is 5.97 Å². The molecule has 196 valence electrons. The van der Waals surface area contributed by atoms with E-state index >= 15 is 0 Å². The predicted molar refractivity (Wildman–Crippen MR) is 144 cm³/mol. The Morgan fingerprint density at radius 2 is 1.89 bits per heavy atom. The fourth-order valence-corrected chi connectivity index (χ4v) is 4.75. The molecule has 0 saturated carbocycles. The van der Waals surface area contributed by atoms with Crippen LogP contribution in [0.4, 0.5) is 0 Å². The minimum Gasteiger partial charge on any atom is -0.504 e. The van der Waals surface area contributed by atoms with Gasteiger partial charge in [-0.3, -0.25) is 9.59 Å². The second kappa shape index (κ2) is 14.0. The summed E-state index contributed by atoms with van der Waals surface area (Å²) in [5, 5.41) is 10.9. The van der Waals surface area contributed by atoms with E-state index in [0.29, 0.717) is 6.42 Å². The Hall–Kier alpha value is -2.95. The van der Waals surface area contributed by atoms with E-state index in [1.54, 1.807) is 6.08 Å². The Labute approximate surface area is 216 Å². The molecule has 0 fully saturated rings. The molecule has 2 atom stereocenters. The lowest BCUT2D eigenvalue weighted by Gasteiger charge is -2.31. The number of hydrogen-bond acceptors (Lipinski definition) is 5. The molecule has 0 amide bonds. The van der Waals surface area contributed by atoms with Crippen LogP contribution in [-0.4, -0.2) is 29.2 Å². The van der Waals surface area contributed by atoms with Crippen molar-refractivity contribution in [3.05, 3.63) is 70.1 Å². The highest BCUT2D eigenvalue weighted by molar-refractivity contribution is 6.34. The number of aliphatic hydroxyl groups excluding tert-OH is 1. The molecule has 0 aromatic heterocycles. The van der Waals surface area contributed by atoms with E-state index in [4.69, 9.17) is 4.74 Å². The molecule has 0 radical (unpaired) electrons. The summed E-state index contributed by atoms with van der Waals surface area (Å²) in [6.45, 7) is 14.0. The summed E-state index contributed by atoms with van der Waals surface area (Å²) in [6, 6.07) is 0. The lowest BCUT2D eigenvalue weighted by molar-refractivity contribution is -0.139. The van der Waals surface area contributed by atoms with Gasteiger partial charge in [-0.2, -0.15) is 0 Å². The fourth-order valence-electron chi connectivity index (χ4n) is 4.75. The molecule has 0 bridgehead atoms. The number of Topliss-reactive ketones (excluding diaryl/α,β-unsaturated/α-hetero) is 2. The number of esters is 1. The summed E-state index contributed by atoms with van der Waals surface area (Å²) in [5.41, 5.74) is 3.25. The van der Waals surface area contributed by atoms with Gasteiger partial charge < -0.3 is 9.84 Å². The maximum atomic E-state index is 13.7. The van der Waals surface area contributed by atoms with Gasteiger partial charge in [0.2, 0.25) is 11.6 Å². The summed E-state index contributed by atoms with van der Waals surface area (Å²) in [4.78, 5) is 40.2. The van der Waals surface area contributed by atoms with E-state index in [1.165, 1.54) is 5.57 Å². The monoisotopic (exact) mass is 494 g/mol. The average molecular weight is 495 g/mol. The van der Waals surface area contributed by atoms with Crippen molar-refractivity contribution in [1.29, 1.82) is 0 Å². The Morgan fingerprint density at radius 1 is 1.17 bits per heavy atom. The second-order valence-corrected chi connectivity index (χ2v) is 10.2. The largest absolute Gasteiger partial charge is 0.504 e. The molecule has 0 aliphatic heterocycles. The third kappa shape index (κ3) is 7.52. The van der Waals surface area contributed by atoms with Crippen LogP contribution in [0.1, 0.15) is 86.0 Å². The first-order valence-corrected chi connectivity index (χ1v) is 13.1. The predicted octanol–water partition coefficient (Wildman–Crippen LogP) is 7.22. The number of ether oxygens (including phenoxy) is 1. The van der Waals surface area contributed by atoms with Crippen LogP contribution >= 0.6 is 0 Å². The van der Waals surface area contributed by atoms with Crippen molar-refractivity contribution in [3.63, 3.8) is 0 Å². The van der Waals surface area contributed by atoms with Crippen LogP contribution in [0.5, 0.6) is 0 Å². The van der Waals surface area contributed by atoms with Gasteiger partial charge in [0.25, 0.3) is 0 Å². The minimum atomic E-state index is -0.801. The smallest absolute Gasteiger partial charge is 0.342 e. The molecule has 0 spiro atoms. The van der Waals surface area contributed by atoms with Gasteiger partial charge in [-0.25, -0.2) is 4.79 Å². The summed E-state index contributed by atoms with van der Waals surface area (Å²) >= 11 is 0. The molecular weight excluding hydrogens is 452 g/mol. The number of carbonyl (C=O) groups is 3. The second-order valence-electron chi connectivity index (χ2n) is 10.2. The van der Waals surface area contributed by atoms with Gasteiger partial charge in [0.1, 0.15) is 12.2 Å². The van der Waals surface area contributed by atoms with Crippen LogP contribution in [0.15, 0.2) is 70.1 Å². The van der Waals surface area contributed by atoms with Gasteiger partial charge in [-0.15, -0.1) is 6.58 Å². The first-order chi connectivity index (χ1) is 17.1. The molecule has 2 aliphatic carbocycles. The number of aliphatic hydroxyl groups is 1. The van der Waals surface area contributed by atoms with Crippen LogP contribution < -0.4 is 0 Å². The van der Waals surface area contributed by atoms with Crippen molar-refractivity contribution in [2.75, 3.05) is 6.61 Å². The lowest BCUT2D eigenvalue weighted by atomic mass is 9.71. The molecule has 36 heavy (non-hydrogen) atoms. The van der Waals surface area contributed by atoms with Gasteiger partial charge in [-0.1, -0.05) is 54.7 Å². The number of rotatable bonds is 12. The summed E-state index contributed by atoms with van der Waals surface area (Å²) in [7, 11) is 0. The van der Waals surface area contributed by atoms with Crippen LogP contribution in [-0.2, 0) is 19.1 Å². The van der Waals surface area contributed by atoms with Crippen LogP contribution in [0.2, 0.25) is 0 Å². The van der Waals surface area contributed by atoms with Crippen LogP contribution in [0, 0.1) is 11.8 Å². The Balaban J connectivity index is 2.35. The quantitative estimate of drug-likeness (QED) is 0.102. The molecule has 5 nitrogen and oxygen atoms in total. The van der Waals surface area contributed by atoms with Crippen molar-refractivity contribution in [2.45, 2.75) is 86.0 Å². The van der Waals surface area contributed by atoms with Crippen LogP contribution in [0.25, 0.3) is 0 Å². The standard InChI is InChI=1S/C31H42O5/c1-7-9-10-14-24-27(31(35)36-18-17-21(5)13-11-12-20(3)4)29(33)26(30(34)28(24)32)25-19-22(6)15-16-23(25)8-2/h8,12,17,19,23,25,34H,2,7,9-11,13-16,18H2,1,3-6H3/b21-17+/t23-,25-/m1/s1. The fraction of sp³-hybridized carbons (Fsp3) is 0.516. The molecule has 0 unspecified atom stereocenters. The maximum absolute atomic E-state index is 13.7. The molecule has 2 aliphatic rings. The van der Waals surface area contributed by atoms with Gasteiger partial charge in [0.15, 0.2) is 5.76 Å². The zero-order valence-corrected chi connectivity index (χ0v) is 22.6. The number of ketones is 2. The van der Waals surface area contributed by atoms with Crippen LogP contribution in [0.3, 0.4) is 0 Å². The van der Waals surface area contributed by atoms with E-state index in [2.05, 4.69) is 26.5 Å². The summed E-state index contributed by atoms with van der Waals surface area (Å²) in [6.07, 6.45) is 13.7. The molecule has 0 aromatic rings. The topological polar surface area (TPSA) is 80.7 Å². The normalized spacial score (nSPS) is 20.9. The van der Waals surface area contributed by atoms with Crippen molar-refractivity contribution in [3.8, 4) is 0 Å². The number of carbonyl (C=O) groups excluding carboxylic acids is 3. The highest BCUT2D eigenvalue weighted by Gasteiger charge is 2.42. The zero-order valence-electron chi connectivity index (χ0n) is 22.6. The van der Waals surface area contributed by atoms with E-state index < -0.39 is 29.2 Å². The van der Waals surface area contributed by atoms with Gasteiger partial charge in [0, 0.05) is 11.5 Å². The summed E-state index contributed by atoms with van der Waals surface area (Å²) in [5.74, 6) is -3.18. The Bertz CT molecular complexity index is 1030. The molecule has 2 rings (SSSR count). The van der Waals surface area contributed by atoms with Crippen molar-refractivity contribution in [2.24, 2.45) is 11.8 Å². The molecule has 1 N–H and O–H groups in total. The number of unbranched alkanes of at least 4 members (excludes halogenated alkanes) is 2. The van der Waals surface area contributed by atoms with E-state index in [0.717, 1.165) is 49.7 Å². The molecule has 5 heteroatoms. The molecular formula is C31H42O5. The minimum absolute atomic E-state index is 0.0106. The average Bonchev–Trinajstić information content (AvgIpc) is 2.82. The third-order valence-corrected chi connectivity index (χ3v) is 6.92. The third-order valence-electron chi connectivity index (χ3n) is 6.92. The first-order valence-electron chi connectivity index (χ1n) is 13.1. The highest BCUT2D eigenvalue weighted by atomic mass is 16.5. The van der Waals surface area contributed by atoms with Gasteiger partial charge in [0.05, 0.1) is 5.57 Å². The SMILES string of the molecule is C=C[C@@H]1CCC(C)=C[C@H]1C1=C(O)C(=O)C(CCCCC)=C(C(=O)OC/C=C(\C)CCC=C(C)C)C1=O. The molecule has 0 saturated heterocycles. The molecule has 0 aromatic carbocycles. The highest BCUT2D eigenvalue weighted by Crippen LogP contribution is 2.40. The Kier molecular flexibility index (Phi) is 11.4. The van der Waals surface area contributed by atoms with Gasteiger partial charge in [-0.05, 0) is 78.2 Å². The van der Waals surface area contributed by atoms with Crippen molar-refractivity contribution >= 4 is 17.5 Å².